The highest BCUT2D eigenvalue weighted by molar-refractivity contribution is 5.83. The molecule has 20 heavy (non-hydrogen) atoms. The lowest BCUT2D eigenvalue weighted by Gasteiger charge is -2.25. The number of carbonyl (C=O) groups is 1. The molecule has 4 N–H and O–H groups in total. The van der Waals surface area contributed by atoms with Crippen LogP contribution in [-0.4, -0.2) is 62.4 Å². The highest BCUT2D eigenvalue weighted by Gasteiger charge is 2.24. The standard InChI is InChI=1S/C14H31N3O3/c1-4-19-11-9-17(10-12-20-5-2)8-6-7-14(3,16)13(15)18/h4-12,16H2,1-3H3,(H2,15,18). The number of nitrogens with zero attached hydrogens (tertiary/aromatic N) is 1. The average molecular weight is 289 g/mol. The van der Waals surface area contributed by atoms with E-state index in [0.29, 0.717) is 19.6 Å². The normalized spacial score (nSPS) is 14.4. The topological polar surface area (TPSA) is 90.8 Å². The number of hydrogen-bond acceptors (Lipinski definition) is 5. The second-order valence-corrected chi connectivity index (χ2v) is 5.12. The van der Waals surface area contributed by atoms with Crippen molar-refractivity contribution in [1.82, 2.24) is 4.90 Å². The molecule has 0 aromatic carbocycles. The van der Waals surface area contributed by atoms with E-state index in [1.165, 1.54) is 0 Å². The lowest BCUT2D eigenvalue weighted by Crippen LogP contribution is -2.49. The quantitative estimate of drug-likeness (QED) is 0.477. The van der Waals surface area contributed by atoms with Gasteiger partial charge in [-0.05, 0) is 40.2 Å². The number of carbonyl (C=O) groups excluding carboxylic acids is 1. The number of hydrogen-bond donors (Lipinski definition) is 2. The Bertz CT molecular complexity index is 250. The van der Waals surface area contributed by atoms with Crippen molar-refractivity contribution in [2.75, 3.05) is 46.1 Å². The summed E-state index contributed by atoms with van der Waals surface area (Å²) in [6, 6.07) is 0. The molecule has 0 spiro atoms. The van der Waals surface area contributed by atoms with Crippen LogP contribution in [0.15, 0.2) is 0 Å². The zero-order chi connectivity index (χ0) is 15.4. The summed E-state index contributed by atoms with van der Waals surface area (Å²) in [4.78, 5) is 13.4. The summed E-state index contributed by atoms with van der Waals surface area (Å²) < 4.78 is 10.7. The van der Waals surface area contributed by atoms with Crippen molar-refractivity contribution in [2.24, 2.45) is 11.5 Å². The van der Waals surface area contributed by atoms with Crippen LogP contribution < -0.4 is 11.5 Å². The molecular formula is C14H31N3O3. The molecule has 6 nitrogen and oxygen atoms in total. The molecule has 0 radical (unpaired) electrons. The van der Waals surface area contributed by atoms with E-state index in [1.807, 2.05) is 13.8 Å². The minimum atomic E-state index is -0.925. The summed E-state index contributed by atoms with van der Waals surface area (Å²) in [5, 5.41) is 0. The molecule has 0 saturated carbocycles. The lowest BCUT2D eigenvalue weighted by atomic mass is 9.96. The molecule has 1 atom stereocenters. The maximum Gasteiger partial charge on any atom is 0.237 e. The molecule has 0 aliphatic heterocycles. The first kappa shape index (κ1) is 19.3. The van der Waals surface area contributed by atoms with Gasteiger partial charge in [-0.1, -0.05) is 0 Å². The fraction of sp³-hybridized carbons (Fsp3) is 0.929. The van der Waals surface area contributed by atoms with Gasteiger partial charge in [-0.15, -0.1) is 0 Å². The summed E-state index contributed by atoms with van der Waals surface area (Å²) in [5.74, 6) is -0.451. The molecule has 0 aliphatic rings. The van der Waals surface area contributed by atoms with E-state index in [9.17, 15) is 4.79 Å². The molecule has 0 aliphatic carbocycles. The smallest absolute Gasteiger partial charge is 0.237 e. The Labute approximate surface area is 122 Å². The van der Waals surface area contributed by atoms with Crippen LogP contribution in [0.5, 0.6) is 0 Å². The van der Waals surface area contributed by atoms with Crippen molar-refractivity contribution in [1.29, 1.82) is 0 Å². The average Bonchev–Trinajstić information content (AvgIpc) is 2.38. The van der Waals surface area contributed by atoms with E-state index >= 15 is 0 Å². The van der Waals surface area contributed by atoms with Crippen LogP contribution in [0.1, 0.15) is 33.6 Å². The van der Waals surface area contributed by atoms with Gasteiger partial charge >= 0.3 is 0 Å². The van der Waals surface area contributed by atoms with Crippen molar-refractivity contribution in [3.63, 3.8) is 0 Å². The Balaban J connectivity index is 4.03. The van der Waals surface area contributed by atoms with Crippen molar-refractivity contribution in [2.45, 2.75) is 39.2 Å². The van der Waals surface area contributed by atoms with Gasteiger partial charge in [0.15, 0.2) is 0 Å². The van der Waals surface area contributed by atoms with Gasteiger partial charge in [-0.2, -0.15) is 0 Å². The van der Waals surface area contributed by atoms with Gasteiger partial charge in [0.25, 0.3) is 0 Å². The number of nitrogens with two attached hydrogens (primary N) is 2. The van der Waals surface area contributed by atoms with E-state index in [-0.39, 0.29) is 0 Å². The van der Waals surface area contributed by atoms with Crippen LogP contribution in [-0.2, 0) is 14.3 Å². The first-order valence-corrected chi connectivity index (χ1v) is 7.40. The minimum Gasteiger partial charge on any atom is -0.380 e. The van der Waals surface area contributed by atoms with Crippen LogP contribution in [0.2, 0.25) is 0 Å². The van der Waals surface area contributed by atoms with Gasteiger partial charge in [-0.25, -0.2) is 0 Å². The van der Waals surface area contributed by atoms with E-state index in [0.717, 1.165) is 39.3 Å². The Morgan fingerprint density at radius 1 is 1.10 bits per heavy atom. The zero-order valence-electron chi connectivity index (χ0n) is 13.2. The summed E-state index contributed by atoms with van der Waals surface area (Å²) in [5.41, 5.74) is 10.2. The molecule has 0 rings (SSSR count). The van der Waals surface area contributed by atoms with E-state index in [4.69, 9.17) is 20.9 Å². The lowest BCUT2D eigenvalue weighted by molar-refractivity contribution is -0.122. The second-order valence-electron chi connectivity index (χ2n) is 5.12. The molecular weight excluding hydrogens is 258 g/mol. The first-order valence-electron chi connectivity index (χ1n) is 7.40. The van der Waals surface area contributed by atoms with E-state index < -0.39 is 11.4 Å². The van der Waals surface area contributed by atoms with Crippen molar-refractivity contribution in [3.8, 4) is 0 Å². The fourth-order valence-corrected chi connectivity index (χ4v) is 1.80. The summed E-state index contributed by atoms with van der Waals surface area (Å²) >= 11 is 0. The van der Waals surface area contributed by atoms with Crippen LogP contribution in [0.3, 0.4) is 0 Å². The first-order chi connectivity index (χ1) is 9.44. The molecule has 1 amide bonds. The van der Waals surface area contributed by atoms with Gasteiger partial charge in [-0.3, -0.25) is 9.69 Å². The monoisotopic (exact) mass is 289 g/mol. The SMILES string of the molecule is CCOCCN(CCCC(C)(N)C(N)=O)CCOCC. The maximum absolute atomic E-state index is 11.2. The van der Waals surface area contributed by atoms with Crippen LogP contribution in [0.4, 0.5) is 0 Å². The van der Waals surface area contributed by atoms with Crippen LogP contribution in [0.25, 0.3) is 0 Å². The molecule has 1 unspecified atom stereocenters. The van der Waals surface area contributed by atoms with Crippen molar-refractivity contribution in [3.05, 3.63) is 0 Å². The largest absolute Gasteiger partial charge is 0.380 e. The predicted octanol–water partition coefficient (Wildman–Crippen LogP) is 0.344. The van der Waals surface area contributed by atoms with Gasteiger partial charge in [0.2, 0.25) is 5.91 Å². The Morgan fingerprint density at radius 3 is 2.00 bits per heavy atom. The third-order valence-corrected chi connectivity index (χ3v) is 3.25. The third kappa shape index (κ3) is 9.25. The molecule has 0 bridgehead atoms. The van der Waals surface area contributed by atoms with E-state index in [2.05, 4.69) is 4.90 Å². The van der Waals surface area contributed by atoms with Gasteiger partial charge in [0.1, 0.15) is 0 Å². The van der Waals surface area contributed by atoms with Crippen molar-refractivity contribution < 1.29 is 14.3 Å². The summed E-state index contributed by atoms with van der Waals surface area (Å²) in [6.07, 6.45) is 1.41. The molecule has 0 fully saturated rings. The molecule has 0 aromatic rings. The molecule has 120 valence electrons. The maximum atomic E-state index is 11.2. The molecule has 0 saturated heterocycles. The van der Waals surface area contributed by atoms with Crippen molar-refractivity contribution >= 4 is 5.91 Å². The van der Waals surface area contributed by atoms with Crippen LogP contribution >= 0.6 is 0 Å². The third-order valence-electron chi connectivity index (χ3n) is 3.25. The van der Waals surface area contributed by atoms with E-state index in [1.54, 1.807) is 6.92 Å². The zero-order valence-corrected chi connectivity index (χ0v) is 13.2. The second kappa shape index (κ2) is 11.0. The molecule has 0 aromatic heterocycles. The summed E-state index contributed by atoms with van der Waals surface area (Å²) in [6.45, 7) is 11.1. The number of amides is 1. The Kier molecular flexibility index (Phi) is 10.6. The van der Waals surface area contributed by atoms with Gasteiger partial charge < -0.3 is 20.9 Å². The molecule has 6 heteroatoms. The highest BCUT2D eigenvalue weighted by Crippen LogP contribution is 2.08. The highest BCUT2D eigenvalue weighted by atomic mass is 16.5. The Morgan fingerprint density at radius 2 is 1.60 bits per heavy atom. The molecule has 0 heterocycles. The van der Waals surface area contributed by atoms with Gasteiger partial charge in [0.05, 0.1) is 18.8 Å². The van der Waals surface area contributed by atoms with Crippen LogP contribution in [0, 0.1) is 0 Å². The number of ether oxygens (including phenoxy) is 2. The Hall–Kier alpha value is -0.690. The summed E-state index contributed by atoms with van der Waals surface area (Å²) in [7, 11) is 0. The predicted molar refractivity (Wildman–Crippen MR) is 80.4 cm³/mol. The number of primary amides is 1. The minimum absolute atomic E-state index is 0.451. The van der Waals surface area contributed by atoms with Gasteiger partial charge in [0, 0.05) is 26.3 Å². The fourth-order valence-electron chi connectivity index (χ4n) is 1.80. The number of rotatable bonds is 13.